The quantitative estimate of drug-likeness (QED) is 0.632. The van der Waals surface area contributed by atoms with Crippen LogP contribution in [-0.4, -0.2) is 40.8 Å². The van der Waals surface area contributed by atoms with Gasteiger partial charge in [0.15, 0.2) is 24.7 Å². The summed E-state index contributed by atoms with van der Waals surface area (Å²) in [5, 5.41) is 2.35. The lowest BCUT2D eigenvalue weighted by Crippen LogP contribution is -2.38. The second-order valence-electron chi connectivity index (χ2n) is 5.65. The van der Waals surface area contributed by atoms with Gasteiger partial charge < -0.3 is 19.5 Å². The third kappa shape index (κ3) is 5.22. The molecule has 1 N–H and O–H groups in total. The van der Waals surface area contributed by atoms with Gasteiger partial charge in [-0.15, -0.1) is 0 Å². The number of amides is 1. The maximum absolute atomic E-state index is 11.9. The number of rotatable bonds is 8. The van der Waals surface area contributed by atoms with Crippen LogP contribution in [0.5, 0.6) is 11.5 Å². The van der Waals surface area contributed by atoms with Crippen molar-refractivity contribution in [1.29, 1.82) is 0 Å². The minimum absolute atomic E-state index is 0.00367. The molecule has 2 aromatic rings. The second-order valence-corrected chi connectivity index (χ2v) is 5.65. The zero-order valence-corrected chi connectivity index (χ0v) is 15.8. The van der Waals surface area contributed by atoms with Crippen molar-refractivity contribution < 1.29 is 23.8 Å². The third-order valence-corrected chi connectivity index (χ3v) is 3.65. The van der Waals surface area contributed by atoms with Crippen LogP contribution in [0.3, 0.4) is 0 Å². The Labute approximate surface area is 160 Å². The number of benzene rings is 1. The lowest BCUT2D eigenvalue weighted by Gasteiger charge is -2.12. The minimum Gasteiger partial charge on any atom is -0.490 e. The molecule has 0 spiro atoms. The van der Waals surface area contributed by atoms with Crippen LogP contribution < -0.4 is 26.0 Å². The van der Waals surface area contributed by atoms with Gasteiger partial charge in [-0.05, 0) is 19.1 Å². The van der Waals surface area contributed by atoms with Crippen LogP contribution in [0.4, 0.5) is 5.82 Å². The zero-order chi connectivity index (χ0) is 20.7. The van der Waals surface area contributed by atoms with Gasteiger partial charge in [-0.25, -0.2) is 9.59 Å². The lowest BCUT2D eigenvalue weighted by atomic mass is 10.3. The van der Waals surface area contributed by atoms with E-state index in [1.165, 1.54) is 14.1 Å². The van der Waals surface area contributed by atoms with Crippen molar-refractivity contribution in [3.05, 3.63) is 51.2 Å². The fourth-order valence-electron chi connectivity index (χ4n) is 2.20. The van der Waals surface area contributed by atoms with Crippen molar-refractivity contribution in [2.45, 2.75) is 6.92 Å². The predicted molar refractivity (Wildman–Crippen MR) is 99.6 cm³/mol. The minimum atomic E-state index is -0.765. The first-order valence-corrected chi connectivity index (χ1v) is 8.40. The van der Waals surface area contributed by atoms with E-state index < -0.39 is 36.3 Å². The number of ether oxygens (including phenoxy) is 3. The topological polar surface area (TPSA) is 118 Å². The van der Waals surface area contributed by atoms with E-state index in [9.17, 15) is 19.2 Å². The van der Waals surface area contributed by atoms with E-state index in [1.807, 2.05) is 6.92 Å². The fraction of sp³-hybridized carbons (Fsp3) is 0.333. The molecule has 1 aromatic heterocycles. The highest BCUT2D eigenvalue weighted by molar-refractivity contribution is 5.92. The number of carbonyl (C=O) groups excluding carboxylic acids is 2. The SMILES string of the molecule is CCOc1ccccc1OCC(=O)OCC(=O)Nc1cc(=O)n(C)c(=O)n1C. The molecular formula is C18H21N3O7. The number of aromatic nitrogens is 2. The molecule has 1 aromatic carbocycles. The van der Waals surface area contributed by atoms with Crippen LogP contribution >= 0.6 is 0 Å². The molecule has 1 amide bonds. The average molecular weight is 391 g/mol. The Bertz CT molecular complexity index is 978. The fourth-order valence-corrected chi connectivity index (χ4v) is 2.20. The van der Waals surface area contributed by atoms with Gasteiger partial charge in [0.2, 0.25) is 0 Å². The highest BCUT2D eigenvalue weighted by atomic mass is 16.6. The molecule has 150 valence electrons. The number of nitrogens with one attached hydrogen (secondary N) is 1. The summed E-state index contributed by atoms with van der Waals surface area (Å²) in [5.74, 6) is -0.607. The number of carbonyl (C=O) groups is 2. The normalized spacial score (nSPS) is 10.2. The Hall–Kier alpha value is -3.56. The van der Waals surface area contributed by atoms with Crippen LogP contribution in [0.2, 0.25) is 0 Å². The van der Waals surface area contributed by atoms with Crippen molar-refractivity contribution in [3.63, 3.8) is 0 Å². The van der Waals surface area contributed by atoms with E-state index in [4.69, 9.17) is 14.2 Å². The van der Waals surface area contributed by atoms with Gasteiger partial charge in [0, 0.05) is 20.2 Å². The van der Waals surface area contributed by atoms with E-state index >= 15 is 0 Å². The Morgan fingerprint density at radius 2 is 1.64 bits per heavy atom. The molecule has 0 aliphatic carbocycles. The first-order valence-electron chi connectivity index (χ1n) is 8.40. The Balaban J connectivity index is 1.87. The van der Waals surface area contributed by atoms with Crippen LogP contribution in [0, 0.1) is 0 Å². The van der Waals surface area contributed by atoms with Crippen LogP contribution in [0.25, 0.3) is 0 Å². The van der Waals surface area contributed by atoms with Crippen LogP contribution in [0.15, 0.2) is 39.9 Å². The second kappa shape index (κ2) is 9.40. The Morgan fingerprint density at radius 3 is 2.29 bits per heavy atom. The van der Waals surface area contributed by atoms with Crippen LogP contribution in [0.1, 0.15) is 6.92 Å². The maximum Gasteiger partial charge on any atom is 0.344 e. The molecular weight excluding hydrogens is 370 g/mol. The number of hydrogen-bond acceptors (Lipinski definition) is 7. The molecule has 0 bridgehead atoms. The molecule has 10 nitrogen and oxygen atoms in total. The Morgan fingerprint density at radius 1 is 1.00 bits per heavy atom. The first-order chi connectivity index (χ1) is 13.3. The molecule has 1 heterocycles. The lowest BCUT2D eigenvalue weighted by molar-refractivity contribution is -0.149. The highest BCUT2D eigenvalue weighted by Gasteiger charge is 2.13. The number of anilines is 1. The summed E-state index contributed by atoms with van der Waals surface area (Å²) < 4.78 is 17.5. The molecule has 0 atom stereocenters. The summed E-state index contributed by atoms with van der Waals surface area (Å²) in [5.41, 5.74) is -1.17. The zero-order valence-electron chi connectivity index (χ0n) is 15.8. The van der Waals surface area contributed by atoms with Gasteiger partial charge in [0.1, 0.15) is 5.82 Å². The molecule has 0 fully saturated rings. The molecule has 28 heavy (non-hydrogen) atoms. The van der Waals surface area contributed by atoms with E-state index in [2.05, 4.69) is 5.32 Å². The summed E-state index contributed by atoms with van der Waals surface area (Å²) in [4.78, 5) is 47.2. The van der Waals surface area contributed by atoms with Gasteiger partial charge in [0.05, 0.1) is 6.61 Å². The van der Waals surface area contributed by atoms with Gasteiger partial charge in [0.25, 0.3) is 11.5 Å². The van der Waals surface area contributed by atoms with Crippen molar-refractivity contribution >= 4 is 17.7 Å². The molecule has 0 radical (unpaired) electrons. The molecule has 10 heteroatoms. The van der Waals surface area contributed by atoms with Gasteiger partial charge in [-0.2, -0.15) is 0 Å². The summed E-state index contributed by atoms with van der Waals surface area (Å²) in [7, 11) is 2.72. The standard InChI is InChI=1S/C18H21N3O7/c1-4-26-12-7-5-6-8-13(12)27-11-17(24)28-10-15(22)19-14-9-16(23)21(3)18(25)20(14)2/h5-9H,4,10-11H2,1-3H3,(H,19,22). The van der Waals surface area contributed by atoms with Crippen molar-refractivity contribution in [2.24, 2.45) is 14.1 Å². The molecule has 0 aliphatic heterocycles. The van der Waals surface area contributed by atoms with Crippen molar-refractivity contribution in [1.82, 2.24) is 9.13 Å². The Kier molecular flexibility index (Phi) is 6.96. The maximum atomic E-state index is 11.9. The van der Waals surface area contributed by atoms with E-state index in [1.54, 1.807) is 24.3 Å². The summed E-state index contributed by atoms with van der Waals surface area (Å²) >= 11 is 0. The summed E-state index contributed by atoms with van der Waals surface area (Å²) in [6.45, 7) is 1.25. The largest absolute Gasteiger partial charge is 0.490 e. The smallest absolute Gasteiger partial charge is 0.344 e. The van der Waals surface area contributed by atoms with Crippen molar-refractivity contribution in [2.75, 3.05) is 25.1 Å². The number of nitrogens with zero attached hydrogens (tertiary/aromatic N) is 2. The molecule has 0 unspecified atom stereocenters. The van der Waals surface area contributed by atoms with E-state index in [-0.39, 0.29) is 5.82 Å². The first kappa shape index (κ1) is 20.7. The molecule has 2 rings (SSSR count). The molecule has 0 saturated heterocycles. The van der Waals surface area contributed by atoms with Crippen LogP contribution in [-0.2, 0) is 28.4 Å². The predicted octanol–water partition coefficient (Wildman–Crippen LogP) is 0.0434. The molecule has 0 aliphatic rings. The molecule has 0 saturated carbocycles. The highest BCUT2D eigenvalue weighted by Crippen LogP contribution is 2.26. The number of para-hydroxylation sites is 2. The monoisotopic (exact) mass is 391 g/mol. The van der Waals surface area contributed by atoms with Gasteiger partial charge >= 0.3 is 11.7 Å². The van der Waals surface area contributed by atoms with E-state index in [0.717, 1.165) is 15.2 Å². The summed E-state index contributed by atoms with van der Waals surface area (Å²) in [6, 6.07) is 7.93. The summed E-state index contributed by atoms with van der Waals surface area (Å²) in [6.07, 6.45) is 0. The number of esters is 1. The average Bonchev–Trinajstić information content (AvgIpc) is 2.68. The third-order valence-electron chi connectivity index (χ3n) is 3.65. The number of hydrogen-bond donors (Lipinski definition) is 1. The van der Waals surface area contributed by atoms with Gasteiger partial charge in [-0.1, -0.05) is 12.1 Å². The van der Waals surface area contributed by atoms with E-state index in [0.29, 0.717) is 18.1 Å². The van der Waals surface area contributed by atoms with Crippen molar-refractivity contribution in [3.8, 4) is 11.5 Å². The van der Waals surface area contributed by atoms with Gasteiger partial charge in [-0.3, -0.25) is 18.7 Å².